The summed E-state index contributed by atoms with van der Waals surface area (Å²) in [4.78, 5) is 1.12. The highest BCUT2D eigenvalue weighted by atomic mass is 32.2. The van der Waals surface area contributed by atoms with Crippen molar-refractivity contribution in [2.45, 2.75) is 27.2 Å². The molecule has 0 bridgehead atoms. The lowest BCUT2D eigenvalue weighted by Gasteiger charge is -1.93. The summed E-state index contributed by atoms with van der Waals surface area (Å²) in [5, 5.41) is 10.4. The summed E-state index contributed by atoms with van der Waals surface area (Å²) in [6.45, 7) is 6.14. The SMILES string of the molecule is CC/C(=C\C=C(C)C)SC#N. The van der Waals surface area contributed by atoms with E-state index in [9.17, 15) is 0 Å². The summed E-state index contributed by atoms with van der Waals surface area (Å²) in [6, 6.07) is 0. The van der Waals surface area contributed by atoms with Gasteiger partial charge >= 0.3 is 0 Å². The molecule has 0 aromatic carbocycles. The van der Waals surface area contributed by atoms with E-state index in [0.29, 0.717) is 0 Å². The fourth-order valence-electron chi connectivity index (χ4n) is 0.542. The molecule has 0 atom stereocenters. The molecule has 0 saturated carbocycles. The van der Waals surface area contributed by atoms with Crippen molar-refractivity contribution in [2.75, 3.05) is 0 Å². The van der Waals surface area contributed by atoms with Gasteiger partial charge in [-0.05, 0) is 36.9 Å². The third kappa shape index (κ3) is 5.75. The van der Waals surface area contributed by atoms with Crippen molar-refractivity contribution in [3.05, 3.63) is 22.6 Å². The molecule has 0 unspecified atom stereocenters. The van der Waals surface area contributed by atoms with Crippen LogP contribution < -0.4 is 0 Å². The molecule has 0 amide bonds. The van der Waals surface area contributed by atoms with Gasteiger partial charge in [-0.2, -0.15) is 5.26 Å². The Bertz CT molecular complexity index is 204. The van der Waals surface area contributed by atoms with Crippen LogP contribution in [-0.2, 0) is 0 Å². The van der Waals surface area contributed by atoms with Crippen molar-refractivity contribution in [1.82, 2.24) is 0 Å². The third-order valence-corrected chi connectivity index (χ3v) is 1.91. The zero-order chi connectivity index (χ0) is 8.69. The van der Waals surface area contributed by atoms with Gasteiger partial charge in [0.25, 0.3) is 0 Å². The van der Waals surface area contributed by atoms with Gasteiger partial charge in [0.15, 0.2) is 0 Å². The Labute approximate surface area is 72.8 Å². The molecule has 0 rings (SSSR count). The molecule has 0 N–H and O–H groups in total. The van der Waals surface area contributed by atoms with Crippen molar-refractivity contribution in [2.24, 2.45) is 0 Å². The van der Waals surface area contributed by atoms with Gasteiger partial charge in [-0.1, -0.05) is 24.6 Å². The monoisotopic (exact) mass is 167 g/mol. The first-order valence-electron chi connectivity index (χ1n) is 3.60. The van der Waals surface area contributed by atoms with Gasteiger partial charge in [0.1, 0.15) is 5.40 Å². The number of rotatable bonds is 3. The first-order valence-corrected chi connectivity index (χ1v) is 4.42. The van der Waals surface area contributed by atoms with Crippen LogP contribution in [0.3, 0.4) is 0 Å². The summed E-state index contributed by atoms with van der Waals surface area (Å²) in [5.74, 6) is 0. The van der Waals surface area contributed by atoms with E-state index in [2.05, 4.69) is 12.3 Å². The number of hydrogen-bond acceptors (Lipinski definition) is 2. The molecular weight excluding hydrogens is 154 g/mol. The molecular formula is C9H13NS. The standard InChI is InChI=1S/C9H13NS/c1-4-9(11-7-10)6-5-8(2)3/h5-6H,4H2,1-3H3/b9-6+. The van der Waals surface area contributed by atoms with E-state index in [-0.39, 0.29) is 0 Å². The van der Waals surface area contributed by atoms with E-state index in [1.807, 2.05) is 26.0 Å². The normalized spacial score (nSPS) is 10.5. The van der Waals surface area contributed by atoms with Gasteiger partial charge in [-0.15, -0.1) is 0 Å². The quantitative estimate of drug-likeness (QED) is 0.474. The molecule has 0 aliphatic carbocycles. The molecule has 0 spiro atoms. The van der Waals surface area contributed by atoms with Gasteiger partial charge in [0.05, 0.1) is 0 Å². The van der Waals surface area contributed by atoms with Crippen molar-refractivity contribution < 1.29 is 0 Å². The average molecular weight is 167 g/mol. The maximum absolute atomic E-state index is 8.38. The molecule has 60 valence electrons. The third-order valence-electron chi connectivity index (χ3n) is 1.13. The van der Waals surface area contributed by atoms with Crippen LogP contribution >= 0.6 is 11.8 Å². The maximum atomic E-state index is 8.38. The number of nitriles is 1. The summed E-state index contributed by atoms with van der Waals surface area (Å²) >= 11 is 1.24. The smallest absolute Gasteiger partial charge is 0.138 e. The first-order chi connectivity index (χ1) is 5.20. The zero-order valence-corrected chi connectivity index (χ0v) is 8.03. The summed E-state index contributed by atoms with van der Waals surface area (Å²) < 4.78 is 0. The predicted molar refractivity (Wildman–Crippen MR) is 51.0 cm³/mol. The van der Waals surface area contributed by atoms with Crippen molar-refractivity contribution in [3.63, 3.8) is 0 Å². The number of allylic oxidation sites excluding steroid dienone is 4. The van der Waals surface area contributed by atoms with Crippen molar-refractivity contribution in [3.8, 4) is 5.40 Å². The Balaban J connectivity index is 4.14. The molecule has 11 heavy (non-hydrogen) atoms. The molecule has 0 aliphatic rings. The topological polar surface area (TPSA) is 23.8 Å². The van der Waals surface area contributed by atoms with Crippen LogP contribution in [0.15, 0.2) is 22.6 Å². The predicted octanol–water partition coefficient (Wildman–Crippen LogP) is 3.46. The fraction of sp³-hybridized carbons (Fsp3) is 0.444. The van der Waals surface area contributed by atoms with E-state index in [1.54, 1.807) is 0 Å². The summed E-state index contributed by atoms with van der Waals surface area (Å²) in [6.07, 6.45) is 4.97. The minimum absolute atomic E-state index is 0.933. The van der Waals surface area contributed by atoms with Gasteiger partial charge in [-0.3, -0.25) is 0 Å². The van der Waals surface area contributed by atoms with Crippen LogP contribution in [0.2, 0.25) is 0 Å². The van der Waals surface area contributed by atoms with E-state index in [0.717, 1.165) is 11.3 Å². The molecule has 0 heterocycles. The Morgan fingerprint density at radius 2 is 2.09 bits per heavy atom. The van der Waals surface area contributed by atoms with E-state index in [4.69, 9.17) is 5.26 Å². The molecule has 2 heteroatoms. The van der Waals surface area contributed by atoms with Crippen LogP contribution in [0.1, 0.15) is 27.2 Å². The van der Waals surface area contributed by atoms with Crippen LogP contribution in [0.5, 0.6) is 0 Å². The lowest BCUT2D eigenvalue weighted by atomic mass is 10.3. The van der Waals surface area contributed by atoms with Crippen LogP contribution in [0.25, 0.3) is 0 Å². The minimum Gasteiger partial charge on any atom is -0.185 e. The first kappa shape index (κ1) is 10.3. The van der Waals surface area contributed by atoms with Crippen LogP contribution in [0.4, 0.5) is 0 Å². The fourth-order valence-corrected chi connectivity index (χ4v) is 0.940. The second-order valence-corrected chi connectivity index (χ2v) is 3.33. The molecule has 0 saturated heterocycles. The largest absolute Gasteiger partial charge is 0.185 e. The Morgan fingerprint density at radius 1 is 1.45 bits per heavy atom. The summed E-state index contributed by atoms with van der Waals surface area (Å²) in [5.41, 5.74) is 1.26. The Kier molecular flexibility index (Phi) is 5.68. The lowest BCUT2D eigenvalue weighted by molar-refractivity contribution is 1.20. The van der Waals surface area contributed by atoms with Crippen molar-refractivity contribution in [1.29, 1.82) is 5.26 Å². The Hall–Kier alpha value is -0.680. The van der Waals surface area contributed by atoms with E-state index in [1.165, 1.54) is 17.3 Å². The van der Waals surface area contributed by atoms with Crippen LogP contribution in [0, 0.1) is 10.7 Å². The second kappa shape index (κ2) is 6.06. The number of hydrogen-bond donors (Lipinski definition) is 0. The number of thioether (sulfide) groups is 1. The molecule has 0 aliphatic heterocycles. The zero-order valence-electron chi connectivity index (χ0n) is 7.22. The highest BCUT2D eigenvalue weighted by molar-refractivity contribution is 8.07. The maximum Gasteiger partial charge on any atom is 0.138 e. The lowest BCUT2D eigenvalue weighted by Crippen LogP contribution is -1.70. The molecule has 0 aromatic rings. The van der Waals surface area contributed by atoms with Crippen molar-refractivity contribution >= 4 is 11.8 Å². The number of nitrogens with zero attached hydrogens (tertiary/aromatic N) is 1. The van der Waals surface area contributed by atoms with Gasteiger partial charge in [0, 0.05) is 0 Å². The highest BCUT2D eigenvalue weighted by Gasteiger charge is 1.90. The molecule has 0 radical (unpaired) electrons. The van der Waals surface area contributed by atoms with Gasteiger partial charge in [-0.25, -0.2) is 0 Å². The molecule has 0 fully saturated rings. The summed E-state index contributed by atoms with van der Waals surface area (Å²) in [7, 11) is 0. The van der Waals surface area contributed by atoms with Crippen LogP contribution in [-0.4, -0.2) is 0 Å². The number of thiocyanates is 1. The van der Waals surface area contributed by atoms with Gasteiger partial charge < -0.3 is 0 Å². The minimum atomic E-state index is 0.933. The molecule has 0 aromatic heterocycles. The second-order valence-electron chi connectivity index (χ2n) is 2.42. The average Bonchev–Trinajstić information content (AvgIpc) is 1.97. The van der Waals surface area contributed by atoms with Gasteiger partial charge in [0.2, 0.25) is 0 Å². The highest BCUT2D eigenvalue weighted by Crippen LogP contribution is 2.17. The Morgan fingerprint density at radius 3 is 2.45 bits per heavy atom. The van der Waals surface area contributed by atoms with E-state index < -0.39 is 0 Å². The molecule has 1 nitrogen and oxygen atoms in total. The van der Waals surface area contributed by atoms with E-state index >= 15 is 0 Å².